The van der Waals surface area contributed by atoms with Gasteiger partial charge in [-0.1, -0.05) is 12.1 Å². The van der Waals surface area contributed by atoms with Crippen molar-refractivity contribution in [3.05, 3.63) is 59.9 Å². The second kappa shape index (κ2) is 7.14. The quantitative estimate of drug-likeness (QED) is 0.742. The molecule has 0 unspecified atom stereocenters. The van der Waals surface area contributed by atoms with Crippen LogP contribution in [0.3, 0.4) is 0 Å². The summed E-state index contributed by atoms with van der Waals surface area (Å²) in [6.07, 6.45) is 4.97. The first-order chi connectivity index (χ1) is 13.1. The third kappa shape index (κ3) is 3.51. The van der Waals surface area contributed by atoms with Crippen LogP contribution in [0.4, 0.5) is 10.3 Å². The van der Waals surface area contributed by atoms with Gasteiger partial charge in [0.05, 0.1) is 5.69 Å². The van der Waals surface area contributed by atoms with Gasteiger partial charge in [0.1, 0.15) is 11.5 Å². The Hall–Kier alpha value is -3.29. The van der Waals surface area contributed by atoms with Crippen LogP contribution < -0.4 is 5.73 Å². The van der Waals surface area contributed by atoms with Crippen molar-refractivity contribution >= 4 is 11.9 Å². The second-order valence-corrected chi connectivity index (χ2v) is 6.59. The SMILES string of the molecule is Nc1ncc(-c2ccc(F)cc2)c([C@H]2CCCN(C(=O)c3ccn[nH]3)C2)n1. The molecule has 0 aliphatic carbocycles. The molecule has 3 N–H and O–H groups in total. The van der Waals surface area contributed by atoms with Crippen LogP contribution in [0.25, 0.3) is 11.1 Å². The zero-order chi connectivity index (χ0) is 18.8. The number of carbonyl (C=O) groups is 1. The molecule has 1 fully saturated rings. The van der Waals surface area contributed by atoms with Gasteiger partial charge in [0.2, 0.25) is 5.95 Å². The standard InChI is InChI=1S/C19H19FN6O/c20-14-5-3-12(4-6-14)15-10-22-19(21)24-17(15)13-2-1-9-26(11-13)18(27)16-7-8-23-25-16/h3-8,10,13H,1-2,9,11H2,(H,23,25)(H2,21,22,24)/t13-/m0/s1. The van der Waals surface area contributed by atoms with E-state index in [1.807, 2.05) is 0 Å². The number of halogens is 1. The number of hydrogen-bond donors (Lipinski definition) is 2. The molecule has 138 valence electrons. The highest BCUT2D eigenvalue weighted by Gasteiger charge is 2.29. The number of nitrogens with one attached hydrogen (secondary N) is 1. The van der Waals surface area contributed by atoms with E-state index in [9.17, 15) is 9.18 Å². The van der Waals surface area contributed by atoms with Gasteiger partial charge in [-0.2, -0.15) is 5.10 Å². The van der Waals surface area contributed by atoms with Gasteiger partial charge in [-0.05, 0) is 36.6 Å². The predicted molar refractivity (Wildman–Crippen MR) is 98.3 cm³/mol. The maximum Gasteiger partial charge on any atom is 0.271 e. The van der Waals surface area contributed by atoms with Crippen LogP contribution >= 0.6 is 0 Å². The maximum atomic E-state index is 13.3. The number of nitrogens with two attached hydrogens (primary N) is 1. The fraction of sp³-hybridized carbons (Fsp3) is 0.263. The lowest BCUT2D eigenvalue weighted by atomic mass is 9.90. The normalized spacial score (nSPS) is 17.1. The first kappa shape index (κ1) is 17.1. The van der Waals surface area contributed by atoms with Crippen molar-refractivity contribution in [2.24, 2.45) is 0 Å². The molecule has 27 heavy (non-hydrogen) atoms. The minimum absolute atomic E-state index is 0.0241. The molecule has 3 aromatic rings. The van der Waals surface area contributed by atoms with E-state index in [1.165, 1.54) is 12.1 Å². The van der Waals surface area contributed by atoms with Gasteiger partial charge in [0.15, 0.2) is 0 Å². The number of anilines is 1. The molecule has 1 aliphatic heterocycles. The summed E-state index contributed by atoms with van der Waals surface area (Å²) in [6, 6.07) is 7.88. The molecule has 8 heteroatoms. The predicted octanol–water partition coefficient (Wildman–Crippen LogP) is 2.61. The molecule has 0 spiro atoms. The van der Waals surface area contributed by atoms with E-state index in [2.05, 4.69) is 20.2 Å². The zero-order valence-corrected chi connectivity index (χ0v) is 14.6. The van der Waals surface area contributed by atoms with Crippen molar-refractivity contribution in [1.29, 1.82) is 0 Å². The minimum Gasteiger partial charge on any atom is -0.368 e. The van der Waals surface area contributed by atoms with Crippen molar-refractivity contribution in [3.63, 3.8) is 0 Å². The summed E-state index contributed by atoms with van der Waals surface area (Å²) >= 11 is 0. The summed E-state index contributed by atoms with van der Waals surface area (Å²) in [5.74, 6) is -0.169. The molecule has 4 rings (SSSR count). The molecule has 7 nitrogen and oxygen atoms in total. The lowest BCUT2D eigenvalue weighted by Gasteiger charge is -2.33. The lowest BCUT2D eigenvalue weighted by Crippen LogP contribution is -2.39. The van der Waals surface area contributed by atoms with Gasteiger partial charge in [-0.25, -0.2) is 14.4 Å². The van der Waals surface area contributed by atoms with Crippen molar-refractivity contribution in [3.8, 4) is 11.1 Å². The van der Waals surface area contributed by atoms with Gasteiger partial charge in [0, 0.05) is 37.0 Å². The fourth-order valence-corrected chi connectivity index (χ4v) is 3.50. The third-order valence-corrected chi connectivity index (χ3v) is 4.82. The largest absolute Gasteiger partial charge is 0.368 e. The number of nitrogens with zero attached hydrogens (tertiary/aromatic N) is 4. The number of carbonyl (C=O) groups excluding carboxylic acids is 1. The Labute approximate surface area is 155 Å². The molecule has 0 saturated carbocycles. The monoisotopic (exact) mass is 366 g/mol. The molecule has 0 bridgehead atoms. The van der Waals surface area contributed by atoms with Crippen LogP contribution in [-0.4, -0.2) is 44.1 Å². The highest BCUT2D eigenvalue weighted by atomic mass is 19.1. The van der Waals surface area contributed by atoms with Crippen molar-refractivity contribution in [2.75, 3.05) is 18.8 Å². The van der Waals surface area contributed by atoms with Gasteiger partial charge < -0.3 is 10.6 Å². The first-order valence-electron chi connectivity index (χ1n) is 8.79. The Morgan fingerprint density at radius 1 is 1.26 bits per heavy atom. The summed E-state index contributed by atoms with van der Waals surface area (Å²) in [6.45, 7) is 1.21. The minimum atomic E-state index is -0.300. The Morgan fingerprint density at radius 3 is 2.81 bits per heavy atom. The van der Waals surface area contributed by atoms with E-state index in [4.69, 9.17) is 5.73 Å². The average Bonchev–Trinajstić information content (AvgIpc) is 3.23. The molecule has 1 atom stereocenters. The summed E-state index contributed by atoms with van der Waals surface area (Å²) in [4.78, 5) is 23.0. The second-order valence-electron chi connectivity index (χ2n) is 6.59. The number of benzene rings is 1. The first-order valence-corrected chi connectivity index (χ1v) is 8.79. The summed E-state index contributed by atoms with van der Waals surface area (Å²) in [7, 11) is 0. The van der Waals surface area contributed by atoms with E-state index in [0.717, 1.165) is 29.7 Å². The number of nitrogen functional groups attached to an aromatic ring is 1. The van der Waals surface area contributed by atoms with Crippen LogP contribution in [0.2, 0.25) is 0 Å². The van der Waals surface area contributed by atoms with E-state index in [-0.39, 0.29) is 23.6 Å². The highest BCUT2D eigenvalue weighted by molar-refractivity contribution is 5.92. The van der Waals surface area contributed by atoms with E-state index < -0.39 is 0 Å². The van der Waals surface area contributed by atoms with Crippen LogP contribution in [0.1, 0.15) is 34.9 Å². The number of piperidine rings is 1. The lowest BCUT2D eigenvalue weighted by molar-refractivity contribution is 0.0700. The maximum absolute atomic E-state index is 13.3. The smallest absolute Gasteiger partial charge is 0.271 e. The number of hydrogen-bond acceptors (Lipinski definition) is 5. The molecular weight excluding hydrogens is 347 g/mol. The summed E-state index contributed by atoms with van der Waals surface area (Å²) < 4.78 is 13.3. The molecular formula is C19H19FN6O. The average molecular weight is 366 g/mol. The van der Waals surface area contributed by atoms with Gasteiger partial charge in [-0.3, -0.25) is 9.89 Å². The number of aromatic nitrogens is 4. The zero-order valence-electron chi connectivity index (χ0n) is 14.6. The van der Waals surface area contributed by atoms with Crippen LogP contribution in [0, 0.1) is 5.82 Å². The number of rotatable bonds is 3. The number of likely N-dealkylation sites (tertiary alicyclic amines) is 1. The number of amides is 1. The molecule has 3 heterocycles. The van der Waals surface area contributed by atoms with Crippen molar-refractivity contribution in [2.45, 2.75) is 18.8 Å². The van der Waals surface area contributed by atoms with Crippen molar-refractivity contribution in [1.82, 2.24) is 25.1 Å². The fourth-order valence-electron chi connectivity index (χ4n) is 3.50. The Morgan fingerprint density at radius 2 is 2.07 bits per heavy atom. The Balaban J connectivity index is 1.65. The van der Waals surface area contributed by atoms with Crippen LogP contribution in [0.15, 0.2) is 42.7 Å². The van der Waals surface area contributed by atoms with Gasteiger partial charge in [-0.15, -0.1) is 0 Å². The Kier molecular flexibility index (Phi) is 4.53. The molecule has 1 aromatic carbocycles. The summed E-state index contributed by atoms with van der Waals surface area (Å²) in [5, 5.41) is 6.57. The summed E-state index contributed by atoms with van der Waals surface area (Å²) in [5.41, 5.74) is 8.72. The third-order valence-electron chi connectivity index (χ3n) is 4.82. The van der Waals surface area contributed by atoms with Crippen LogP contribution in [-0.2, 0) is 0 Å². The van der Waals surface area contributed by atoms with Crippen LogP contribution in [0.5, 0.6) is 0 Å². The topological polar surface area (TPSA) is 101 Å². The molecule has 1 saturated heterocycles. The molecule has 2 aromatic heterocycles. The number of aromatic amines is 1. The van der Waals surface area contributed by atoms with Crippen molar-refractivity contribution < 1.29 is 9.18 Å². The highest BCUT2D eigenvalue weighted by Crippen LogP contribution is 2.33. The van der Waals surface area contributed by atoms with E-state index in [1.54, 1.807) is 35.5 Å². The Bertz CT molecular complexity index is 941. The number of H-pyrrole nitrogens is 1. The molecule has 0 radical (unpaired) electrons. The van der Waals surface area contributed by atoms with Gasteiger partial charge in [0.25, 0.3) is 5.91 Å². The van der Waals surface area contributed by atoms with E-state index in [0.29, 0.717) is 18.8 Å². The molecule has 1 amide bonds. The van der Waals surface area contributed by atoms with E-state index >= 15 is 0 Å². The molecule has 1 aliphatic rings. The van der Waals surface area contributed by atoms with Gasteiger partial charge >= 0.3 is 0 Å².